The van der Waals surface area contributed by atoms with Crippen LogP contribution in [0, 0.1) is 0 Å². The molecule has 0 aliphatic rings. The maximum Gasteiger partial charge on any atom is 0.404 e. The van der Waals surface area contributed by atoms with Gasteiger partial charge in [0, 0.05) is 18.3 Å². The Hall–Kier alpha value is -1.82. The maximum atomic E-state index is 10.2. The topological polar surface area (TPSA) is 100 Å². The van der Waals surface area contributed by atoms with Gasteiger partial charge in [0.05, 0.1) is 6.20 Å². The van der Waals surface area contributed by atoms with Crippen molar-refractivity contribution in [2.75, 3.05) is 13.2 Å². The van der Waals surface area contributed by atoms with E-state index < -0.39 is 6.09 Å². The molecule has 1 heterocycles. The SMILES string of the molecule is NCc1ccncc1OCCOC(N)=O. The van der Waals surface area contributed by atoms with Gasteiger partial charge >= 0.3 is 6.09 Å². The van der Waals surface area contributed by atoms with Crippen molar-refractivity contribution < 1.29 is 14.3 Å². The van der Waals surface area contributed by atoms with Crippen LogP contribution >= 0.6 is 0 Å². The van der Waals surface area contributed by atoms with Crippen LogP contribution in [0.2, 0.25) is 0 Å². The number of amides is 1. The molecule has 1 amide bonds. The van der Waals surface area contributed by atoms with Gasteiger partial charge in [-0.25, -0.2) is 4.79 Å². The molecular weight excluding hydrogens is 198 g/mol. The zero-order chi connectivity index (χ0) is 11.1. The van der Waals surface area contributed by atoms with E-state index in [1.807, 2.05) is 0 Å². The fraction of sp³-hybridized carbons (Fsp3) is 0.333. The summed E-state index contributed by atoms with van der Waals surface area (Å²) in [6.45, 7) is 0.699. The number of carbonyl (C=O) groups excluding carboxylic acids is 1. The van der Waals surface area contributed by atoms with Crippen molar-refractivity contribution >= 4 is 6.09 Å². The Morgan fingerprint density at radius 1 is 1.47 bits per heavy atom. The monoisotopic (exact) mass is 211 g/mol. The number of hydrogen-bond donors (Lipinski definition) is 2. The molecule has 0 aliphatic carbocycles. The number of rotatable bonds is 5. The van der Waals surface area contributed by atoms with Crippen LogP contribution in [0.5, 0.6) is 5.75 Å². The average molecular weight is 211 g/mol. The van der Waals surface area contributed by atoms with Crippen LogP contribution in [0.15, 0.2) is 18.5 Å². The lowest BCUT2D eigenvalue weighted by Crippen LogP contribution is -2.17. The van der Waals surface area contributed by atoms with Crippen molar-refractivity contribution in [3.8, 4) is 5.75 Å². The minimum atomic E-state index is -0.816. The van der Waals surface area contributed by atoms with Gasteiger partial charge in [-0.05, 0) is 6.07 Å². The minimum Gasteiger partial charge on any atom is -0.488 e. The summed E-state index contributed by atoms with van der Waals surface area (Å²) >= 11 is 0. The van der Waals surface area contributed by atoms with Crippen LogP contribution in [-0.2, 0) is 11.3 Å². The van der Waals surface area contributed by atoms with Crippen LogP contribution in [0.25, 0.3) is 0 Å². The van der Waals surface area contributed by atoms with E-state index >= 15 is 0 Å². The molecule has 0 aromatic carbocycles. The van der Waals surface area contributed by atoms with Crippen LogP contribution in [0.4, 0.5) is 4.79 Å². The number of ether oxygens (including phenoxy) is 2. The largest absolute Gasteiger partial charge is 0.488 e. The van der Waals surface area contributed by atoms with Crippen molar-refractivity contribution in [3.63, 3.8) is 0 Å². The lowest BCUT2D eigenvalue weighted by molar-refractivity contribution is 0.133. The quantitative estimate of drug-likeness (QED) is 0.668. The van der Waals surface area contributed by atoms with E-state index in [1.54, 1.807) is 18.5 Å². The van der Waals surface area contributed by atoms with Gasteiger partial charge in [-0.1, -0.05) is 0 Å². The summed E-state index contributed by atoms with van der Waals surface area (Å²) in [5.74, 6) is 0.591. The fourth-order valence-corrected chi connectivity index (χ4v) is 1.00. The van der Waals surface area contributed by atoms with Gasteiger partial charge in [-0.2, -0.15) is 0 Å². The molecule has 1 rings (SSSR count). The zero-order valence-electron chi connectivity index (χ0n) is 8.18. The van der Waals surface area contributed by atoms with Crippen molar-refractivity contribution in [2.24, 2.45) is 11.5 Å². The number of hydrogen-bond acceptors (Lipinski definition) is 5. The number of nitrogens with two attached hydrogens (primary N) is 2. The number of aromatic nitrogens is 1. The first-order chi connectivity index (χ1) is 7.24. The molecule has 0 radical (unpaired) electrons. The molecule has 0 aliphatic heterocycles. The highest BCUT2D eigenvalue weighted by Crippen LogP contribution is 2.14. The first-order valence-electron chi connectivity index (χ1n) is 4.42. The first-order valence-corrected chi connectivity index (χ1v) is 4.42. The highest BCUT2D eigenvalue weighted by molar-refractivity contribution is 5.64. The Labute approximate surface area is 87.2 Å². The Morgan fingerprint density at radius 3 is 2.93 bits per heavy atom. The van der Waals surface area contributed by atoms with E-state index in [1.165, 1.54) is 0 Å². The van der Waals surface area contributed by atoms with Crippen molar-refractivity contribution in [3.05, 3.63) is 24.0 Å². The average Bonchev–Trinajstić information content (AvgIpc) is 2.24. The number of nitrogens with zero attached hydrogens (tertiary/aromatic N) is 1. The van der Waals surface area contributed by atoms with Crippen LogP contribution in [0.1, 0.15) is 5.56 Å². The summed E-state index contributed by atoms with van der Waals surface area (Å²) < 4.78 is 9.80. The zero-order valence-corrected chi connectivity index (χ0v) is 8.18. The van der Waals surface area contributed by atoms with Crippen LogP contribution < -0.4 is 16.2 Å². The number of pyridine rings is 1. The predicted octanol–water partition coefficient (Wildman–Crippen LogP) is 0.0144. The molecule has 6 heteroatoms. The molecule has 0 unspecified atom stereocenters. The Morgan fingerprint density at radius 2 is 2.27 bits per heavy atom. The molecule has 0 spiro atoms. The maximum absolute atomic E-state index is 10.2. The first kappa shape index (κ1) is 11.3. The fourth-order valence-electron chi connectivity index (χ4n) is 1.00. The van der Waals surface area contributed by atoms with E-state index in [4.69, 9.17) is 16.2 Å². The molecule has 1 aromatic rings. The van der Waals surface area contributed by atoms with Crippen LogP contribution in [0.3, 0.4) is 0 Å². The van der Waals surface area contributed by atoms with Gasteiger partial charge < -0.3 is 20.9 Å². The van der Waals surface area contributed by atoms with Gasteiger partial charge in [-0.15, -0.1) is 0 Å². The van der Waals surface area contributed by atoms with Gasteiger partial charge in [0.2, 0.25) is 0 Å². The second-order valence-corrected chi connectivity index (χ2v) is 2.70. The summed E-state index contributed by atoms with van der Waals surface area (Å²) in [5, 5.41) is 0. The highest BCUT2D eigenvalue weighted by atomic mass is 16.6. The molecule has 6 nitrogen and oxygen atoms in total. The Balaban J connectivity index is 2.39. The number of primary amides is 1. The minimum absolute atomic E-state index is 0.105. The lowest BCUT2D eigenvalue weighted by Gasteiger charge is -2.08. The summed E-state index contributed by atoms with van der Waals surface area (Å²) in [7, 11) is 0. The van der Waals surface area contributed by atoms with E-state index in [2.05, 4.69) is 9.72 Å². The van der Waals surface area contributed by atoms with E-state index in [0.29, 0.717) is 12.3 Å². The summed E-state index contributed by atoms with van der Waals surface area (Å²) in [6.07, 6.45) is 2.38. The van der Waals surface area contributed by atoms with E-state index in [-0.39, 0.29) is 13.2 Å². The molecule has 0 bridgehead atoms. The second kappa shape index (κ2) is 5.82. The van der Waals surface area contributed by atoms with Crippen molar-refractivity contribution in [2.45, 2.75) is 6.54 Å². The summed E-state index contributed by atoms with van der Waals surface area (Å²) in [6, 6.07) is 1.77. The smallest absolute Gasteiger partial charge is 0.404 e. The Bertz CT molecular complexity index is 330. The number of carbonyl (C=O) groups is 1. The molecule has 0 saturated carbocycles. The third kappa shape index (κ3) is 3.82. The third-order valence-corrected chi connectivity index (χ3v) is 1.68. The van der Waals surface area contributed by atoms with Gasteiger partial charge in [0.1, 0.15) is 19.0 Å². The molecule has 1 aromatic heterocycles. The van der Waals surface area contributed by atoms with E-state index in [9.17, 15) is 4.79 Å². The van der Waals surface area contributed by atoms with Crippen molar-refractivity contribution in [1.29, 1.82) is 0 Å². The molecule has 0 saturated heterocycles. The lowest BCUT2D eigenvalue weighted by atomic mass is 10.2. The van der Waals surface area contributed by atoms with Crippen LogP contribution in [-0.4, -0.2) is 24.3 Å². The van der Waals surface area contributed by atoms with Gasteiger partial charge in [0.25, 0.3) is 0 Å². The van der Waals surface area contributed by atoms with Gasteiger partial charge in [-0.3, -0.25) is 4.98 Å². The second-order valence-electron chi connectivity index (χ2n) is 2.70. The van der Waals surface area contributed by atoms with Crippen molar-refractivity contribution in [1.82, 2.24) is 4.98 Å². The molecule has 0 atom stereocenters. The summed E-state index contributed by atoms with van der Waals surface area (Å²) in [5.41, 5.74) is 11.1. The molecular formula is C9H13N3O3. The molecule has 15 heavy (non-hydrogen) atoms. The standard InChI is InChI=1S/C9H13N3O3/c10-5-7-1-2-12-6-8(7)14-3-4-15-9(11)13/h1-2,6H,3-5,10H2,(H2,11,13). The van der Waals surface area contributed by atoms with Gasteiger partial charge in [0.15, 0.2) is 0 Å². The van der Waals surface area contributed by atoms with E-state index in [0.717, 1.165) is 5.56 Å². The molecule has 0 fully saturated rings. The normalized spacial score (nSPS) is 9.67. The summed E-state index contributed by atoms with van der Waals surface area (Å²) in [4.78, 5) is 14.1. The molecule has 82 valence electrons. The molecule has 4 N–H and O–H groups in total. The predicted molar refractivity (Wildman–Crippen MR) is 53.2 cm³/mol. The third-order valence-electron chi connectivity index (χ3n) is 1.68. The Kier molecular flexibility index (Phi) is 4.36. The highest BCUT2D eigenvalue weighted by Gasteiger charge is 2.01.